The van der Waals surface area contributed by atoms with Crippen LogP contribution in [0.4, 0.5) is 5.69 Å². The largest absolute Gasteiger partial charge is 0.461 e. The molecule has 1 aromatic heterocycles. The predicted molar refractivity (Wildman–Crippen MR) is 111 cm³/mol. The summed E-state index contributed by atoms with van der Waals surface area (Å²) in [6, 6.07) is 20.4. The summed E-state index contributed by atoms with van der Waals surface area (Å²) in [5, 5.41) is 0. The Morgan fingerprint density at radius 2 is 1.59 bits per heavy atom. The second kappa shape index (κ2) is 8.51. The van der Waals surface area contributed by atoms with Gasteiger partial charge in [0, 0.05) is 11.1 Å². The van der Waals surface area contributed by atoms with E-state index in [4.69, 9.17) is 19.2 Å². The molecule has 0 N–H and O–H groups in total. The smallest absolute Gasteiger partial charge is 0.316 e. The third kappa shape index (κ3) is 5.04. The first-order valence-corrected chi connectivity index (χ1v) is 9.55. The maximum Gasteiger partial charge on any atom is 0.316 e. The summed E-state index contributed by atoms with van der Waals surface area (Å²) in [6.07, 6.45) is 3.18. The Hall–Kier alpha value is -3.09. The van der Waals surface area contributed by atoms with Crippen molar-refractivity contribution in [3.05, 3.63) is 84.2 Å². The fourth-order valence-electron chi connectivity index (χ4n) is 3.07. The first kappa shape index (κ1) is 19.2. The molecule has 0 spiro atoms. The van der Waals surface area contributed by atoms with E-state index >= 15 is 0 Å². The molecule has 29 heavy (non-hydrogen) atoms. The van der Waals surface area contributed by atoms with Gasteiger partial charge in [0.15, 0.2) is 5.79 Å². The lowest BCUT2D eigenvalue weighted by Gasteiger charge is -2.16. The Morgan fingerprint density at radius 3 is 2.10 bits per heavy atom. The summed E-state index contributed by atoms with van der Waals surface area (Å²) in [5.74, 6) is -0.571. The average Bonchev–Trinajstić information content (AvgIpc) is 3.11. The van der Waals surface area contributed by atoms with Crippen molar-refractivity contribution in [2.75, 3.05) is 13.2 Å². The van der Waals surface area contributed by atoms with E-state index in [9.17, 15) is 0 Å². The number of benzene rings is 2. The van der Waals surface area contributed by atoms with E-state index < -0.39 is 5.79 Å². The van der Waals surface area contributed by atoms with Crippen LogP contribution in [0, 0.1) is 0 Å². The van der Waals surface area contributed by atoms with Crippen LogP contribution in [-0.2, 0) is 9.47 Å². The van der Waals surface area contributed by atoms with Crippen molar-refractivity contribution in [2.24, 2.45) is 4.99 Å². The molecule has 0 bridgehead atoms. The van der Waals surface area contributed by atoms with Crippen LogP contribution in [0.1, 0.15) is 25.0 Å². The van der Waals surface area contributed by atoms with E-state index in [0.717, 1.165) is 16.8 Å². The molecule has 0 amide bonds. The van der Waals surface area contributed by atoms with Crippen LogP contribution in [0.15, 0.2) is 78.0 Å². The number of aliphatic imine (C=N–C) groups is 1. The van der Waals surface area contributed by atoms with Crippen LogP contribution in [-0.4, -0.2) is 40.8 Å². The molecule has 0 saturated carbocycles. The highest BCUT2D eigenvalue weighted by atomic mass is 16.7. The van der Waals surface area contributed by atoms with E-state index in [1.54, 1.807) is 12.4 Å². The molecule has 1 aliphatic rings. The SMILES string of the molecule is CC1(C)OC[C@@H](COc2ncc(N=C(c3ccccc3)c3ccccc3)cn2)O1. The second-order valence-electron chi connectivity index (χ2n) is 7.18. The molecule has 2 aromatic carbocycles. The zero-order valence-electron chi connectivity index (χ0n) is 16.5. The van der Waals surface area contributed by atoms with Crippen molar-refractivity contribution in [1.29, 1.82) is 0 Å². The second-order valence-corrected chi connectivity index (χ2v) is 7.18. The van der Waals surface area contributed by atoms with Gasteiger partial charge in [0.25, 0.3) is 0 Å². The fraction of sp³-hybridized carbons (Fsp3) is 0.261. The lowest BCUT2D eigenvalue weighted by Crippen LogP contribution is -2.25. The van der Waals surface area contributed by atoms with Gasteiger partial charge in [-0.1, -0.05) is 60.7 Å². The monoisotopic (exact) mass is 389 g/mol. The molecule has 4 rings (SSSR count). The van der Waals surface area contributed by atoms with Gasteiger partial charge in [-0.2, -0.15) is 0 Å². The van der Waals surface area contributed by atoms with E-state index in [0.29, 0.717) is 24.9 Å². The van der Waals surface area contributed by atoms with Gasteiger partial charge in [0.05, 0.1) is 24.7 Å². The van der Waals surface area contributed by atoms with Crippen molar-refractivity contribution >= 4 is 11.4 Å². The standard InChI is InChI=1S/C23H23N3O3/c1-23(2)28-16-20(29-23)15-27-22-24-13-19(14-25-22)26-21(17-9-5-3-6-10-17)18-11-7-4-8-12-18/h3-14,20H,15-16H2,1-2H3/t20-/m1/s1. The van der Waals surface area contributed by atoms with Crippen LogP contribution < -0.4 is 4.74 Å². The first-order valence-electron chi connectivity index (χ1n) is 9.55. The molecule has 148 valence electrons. The molecule has 2 heterocycles. The normalized spacial score (nSPS) is 17.7. The average molecular weight is 389 g/mol. The van der Waals surface area contributed by atoms with Crippen molar-refractivity contribution < 1.29 is 14.2 Å². The summed E-state index contributed by atoms with van der Waals surface area (Å²) in [7, 11) is 0. The van der Waals surface area contributed by atoms with Crippen LogP contribution in [0.2, 0.25) is 0 Å². The molecule has 6 nitrogen and oxygen atoms in total. The number of aromatic nitrogens is 2. The Morgan fingerprint density at radius 1 is 1.00 bits per heavy atom. The van der Waals surface area contributed by atoms with Crippen LogP contribution >= 0.6 is 0 Å². The zero-order valence-corrected chi connectivity index (χ0v) is 16.5. The van der Waals surface area contributed by atoms with Gasteiger partial charge in [-0.15, -0.1) is 0 Å². The minimum absolute atomic E-state index is 0.130. The van der Waals surface area contributed by atoms with Gasteiger partial charge >= 0.3 is 6.01 Å². The number of rotatable bonds is 6. The molecule has 1 aliphatic heterocycles. The van der Waals surface area contributed by atoms with Crippen molar-refractivity contribution in [3.8, 4) is 6.01 Å². The van der Waals surface area contributed by atoms with Gasteiger partial charge in [-0.3, -0.25) is 0 Å². The summed E-state index contributed by atoms with van der Waals surface area (Å²) in [6.45, 7) is 4.60. The van der Waals surface area contributed by atoms with E-state index in [-0.39, 0.29) is 6.10 Å². The fourth-order valence-corrected chi connectivity index (χ4v) is 3.07. The lowest BCUT2D eigenvalue weighted by atomic mass is 10.0. The molecule has 0 unspecified atom stereocenters. The van der Waals surface area contributed by atoms with E-state index in [1.807, 2.05) is 74.5 Å². The highest BCUT2D eigenvalue weighted by Gasteiger charge is 2.33. The Labute approximate surface area is 170 Å². The van der Waals surface area contributed by atoms with E-state index in [1.165, 1.54) is 0 Å². The summed E-state index contributed by atoms with van der Waals surface area (Å²) in [5.41, 5.74) is 3.57. The quantitative estimate of drug-likeness (QED) is 0.592. The first-order chi connectivity index (χ1) is 14.1. The lowest BCUT2D eigenvalue weighted by molar-refractivity contribution is -0.141. The maximum absolute atomic E-state index is 5.72. The molecule has 3 aromatic rings. The minimum Gasteiger partial charge on any atom is -0.461 e. The molecular formula is C23H23N3O3. The van der Waals surface area contributed by atoms with Crippen LogP contribution in [0.25, 0.3) is 0 Å². The summed E-state index contributed by atoms with van der Waals surface area (Å²) < 4.78 is 16.9. The minimum atomic E-state index is -0.571. The van der Waals surface area contributed by atoms with Gasteiger partial charge in [0.2, 0.25) is 0 Å². The predicted octanol–water partition coefficient (Wildman–Crippen LogP) is 4.18. The molecule has 1 atom stereocenters. The van der Waals surface area contributed by atoms with Crippen molar-refractivity contribution in [1.82, 2.24) is 9.97 Å². The van der Waals surface area contributed by atoms with Gasteiger partial charge in [0.1, 0.15) is 18.4 Å². The van der Waals surface area contributed by atoms with Gasteiger partial charge < -0.3 is 14.2 Å². The molecule has 0 radical (unpaired) electrons. The molecule has 0 aliphatic carbocycles. The Kier molecular flexibility index (Phi) is 5.64. The number of hydrogen-bond donors (Lipinski definition) is 0. The molecule has 1 saturated heterocycles. The highest BCUT2D eigenvalue weighted by molar-refractivity contribution is 6.13. The highest BCUT2D eigenvalue weighted by Crippen LogP contribution is 2.23. The molecule has 6 heteroatoms. The van der Waals surface area contributed by atoms with Crippen molar-refractivity contribution in [2.45, 2.75) is 25.7 Å². The summed E-state index contributed by atoms with van der Waals surface area (Å²) >= 11 is 0. The summed E-state index contributed by atoms with van der Waals surface area (Å²) in [4.78, 5) is 13.3. The van der Waals surface area contributed by atoms with Gasteiger partial charge in [-0.05, 0) is 13.8 Å². The zero-order chi connectivity index (χ0) is 20.1. The number of nitrogens with zero attached hydrogens (tertiary/aromatic N) is 3. The third-order valence-corrected chi connectivity index (χ3v) is 4.42. The van der Waals surface area contributed by atoms with Crippen LogP contribution in [0.3, 0.4) is 0 Å². The van der Waals surface area contributed by atoms with Crippen LogP contribution in [0.5, 0.6) is 6.01 Å². The molecular weight excluding hydrogens is 366 g/mol. The van der Waals surface area contributed by atoms with Crippen molar-refractivity contribution in [3.63, 3.8) is 0 Å². The molecule has 1 fully saturated rings. The topological polar surface area (TPSA) is 65.8 Å². The third-order valence-electron chi connectivity index (χ3n) is 4.42. The number of ether oxygens (including phenoxy) is 3. The van der Waals surface area contributed by atoms with E-state index in [2.05, 4.69) is 9.97 Å². The number of hydrogen-bond acceptors (Lipinski definition) is 6. The van der Waals surface area contributed by atoms with Gasteiger partial charge in [-0.25, -0.2) is 15.0 Å². The Balaban J connectivity index is 1.50. The maximum atomic E-state index is 5.72. The Bertz CT molecular complexity index is 916.